The lowest BCUT2D eigenvalue weighted by atomic mass is 10.5. The monoisotopic (exact) mass is 263 g/mol. The molecule has 0 bridgehead atoms. The van der Waals surface area contributed by atoms with Crippen molar-refractivity contribution in [2.45, 2.75) is 39.7 Å². The fourth-order valence-electron chi connectivity index (χ4n) is 1.65. The van der Waals surface area contributed by atoms with Gasteiger partial charge in [0, 0.05) is 25.9 Å². The van der Waals surface area contributed by atoms with E-state index in [0.29, 0.717) is 13.2 Å². The van der Waals surface area contributed by atoms with Crippen molar-refractivity contribution in [2.24, 2.45) is 0 Å². The van der Waals surface area contributed by atoms with Gasteiger partial charge in [-0.2, -0.15) is 0 Å². The molecule has 0 aliphatic heterocycles. The van der Waals surface area contributed by atoms with Crippen molar-refractivity contribution >= 4 is 8.80 Å². The molecule has 0 heterocycles. The molecule has 104 valence electrons. The maximum atomic E-state index is 5.92. The van der Waals surface area contributed by atoms with Gasteiger partial charge in [-0.3, -0.25) is 0 Å². The Hall–Kier alpha value is 0.0569. The molecule has 0 atom stereocenters. The van der Waals surface area contributed by atoms with Crippen molar-refractivity contribution in [1.82, 2.24) is 4.90 Å². The highest BCUT2D eigenvalue weighted by molar-refractivity contribution is 6.60. The van der Waals surface area contributed by atoms with Crippen LogP contribution in [0.5, 0.6) is 0 Å². The molecule has 0 aliphatic rings. The van der Waals surface area contributed by atoms with Crippen LogP contribution in [-0.2, 0) is 13.3 Å². The molecule has 0 aliphatic carbocycles. The van der Waals surface area contributed by atoms with Crippen LogP contribution in [0.25, 0.3) is 0 Å². The highest BCUT2D eigenvalue weighted by Crippen LogP contribution is 2.18. The first-order valence-corrected chi connectivity index (χ1v) is 8.60. The van der Waals surface area contributed by atoms with Gasteiger partial charge in [0.25, 0.3) is 0 Å². The van der Waals surface area contributed by atoms with Crippen LogP contribution >= 0.6 is 0 Å². The van der Waals surface area contributed by atoms with Crippen LogP contribution < -0.4 is 0 Å². The lowest BCUT2D eigenvalue weighted by Crippen LogP contribution is -2.46. The van der Waals surface area contributed by atoms with Crippen molar-refractivity contribution < 1.29 is 13.3 Å². The van der Waals surface area contributed by atoms with E-state index in [1.54, 1.807) is 0 Å². The van der Waals surface area contributed by atoms with Crippen LogP contribution in [0.4, 0.5) is 0 Å². The van der Waals surface area contributed by atoms with E-state index < -0.39 is 8.80 Å². The second-order valence-corrected chi connectivity index (χ2v) is 7.04. The van der Waals surface area contributed by atoms with Crippen molar-refractivity contribution in [3.63, 3.8) is 0 Å². The summed E-state index contributed by atoms with van der Waals surface area (Å²) in [4.78, 5) is 2.18. The molecule has 0 spiro atoms. The summed E-state index contributed by atoms with van der Waals surface area (Å²) in [5.41, 5.74) is 0. The quantitative estimate of drug-likeness (QED) is 0.536. The fourth-order valence-corrected chi connectivity index (χ4v) is 4.32. The predicted octanol–water partition coefficient (Wildman–Crippen LogP) is 2.38. The van der Waals surface area contributed by atoms with E-state index >= 15 is 0 Å². The van der Waals surface area contributed by atoms with Crippen LogP contribution in [0.3, 0.4) is 0 Å². The maximum Gasteiger partial charge on any atom is 0.500 e. The average Bonchev–Trinajstić information content (AvgIpc) is 2.26. The van der Waals surface area contributed by atoms with Gasteiger partial charge in [-0.25, -0.2) is 0 Å². The maximum absolute atomic E-state index is 5.92. The molecule has 17 heavy (non-hydrogen) atoms. The topological polar surface area (TPSA) is 30.9 Å². The normalized spacial score (nSPS) is 12.4. The van der Waals surface area contributed by atoms with E-state index in [2.05, 4.69) is 25.9 Å². The summed E-state index contributed by atoms with van der Waals surface area (Å²) in [7, 11) is 1.75. The summed E-state index contributed by atoms with van der Waals surface area (Å²) < 4.78 is 17.6. The number of hydrogen-bond donors (Lipinski definition) is 0. The van der Waals surface area contributed by atoms with Crippen LogP contribution in [0, 0.1) is 0 Å². The molecular weight excluding hydrogens is 234 g/mol. The molecule has 0 aromatic rings. The van der Waals surface area contributed by atoms with E-state index in [4.69, 9.17) is 13.3 Å². The smallest absolute Gasteiger partial charge is 0.374 e. The van der Waals surface area contributed by atoms with Gasteiger partial charge < -0.3 is 18.2 Å². The molecule has 0 saturated carbocycles. The highest BCUT2D eigenvalue weighted by atomic mass is 28.4. The largest absolute Gasteiger partial charge is 0.500 e. The minimum Gasteiger partial charge on any atom is -0.374 e. The summed E-state index contributed by atoms with van der Waals surface area (Å²) in [6.07, 6.45) is 2.06. The minimum absolute atomic E-state index is 0.665. The molecule has 0 radical (unpaired) electrons. The van der Waals surface area contributed by atoms with E-state index in [1.807, 2.05) is 13.8 Å². The average molecular weight is 263 g/mol. The van der Waals surface area contributed by atoms with E-state index in [-0.39, 0.29) is 0 Å². The third-order valence-electron chi connectivity index (χ3n) is 2.34. The summed E-state index contributed by atoms with van der Waals surface area (Å²) in [6.45, 7) is 9.22. The summed E-state index contributed by atoms with van der Waals surface area (Å²) in [5.74, 6) is 0. The lowest BCUT2D eigenvalue weighted by molar-refractivity contribution is 0.0662. The van der Waals surface area contributed by atoms with Crippen molar-refractivity contribution in [3.8, 4) is 0 Å². The van der Waals surface area contributed by atoms with E-state index in [9.17, 15) is 0 Å². The van der Waals surface area contributed by atoms with Crippen LogP contribution in [0.1, 0.15) is 33.6 Å². The summed E-state index contributed by atoms with van der Waals surface area (Å²) in [6, 6.07) is 0.910. The minimum atomic E-state index is -2.41. The van der Waals surface area contributed by atoms with Gasteiger partial charge in [0.1, 0.15) is 0 Å². The second-order valence-electron chi connectivity index (χ2n) is 4.30. The number of rotatable bonds is 11. The van der Waals surface area contributed by atoms with Gasteiger partial charge in [-0.15, -0.1) is 0 Å². The zero-order valence-electron chi connectivity index (χ0n) is 12.1. The molecule has 0 fully saturated rings. The first-order valence-electron chi connectivity index (χ1n) is 6.66. The Balaban J connectivity index is 4.30. The third kappa shape index (κ3) is 7.89. The Morgan fingerprint density at radius 3 is 1.94 bits per heavy atom. The molecule has 0 aromatic carbocycles. The summed E-state index contributed by atoms with van der Waals surface area (Å²) >= 11 is 0. The summed E-state index contributed by atoms with van der Waals surface area (Å²) in [5, 5.41) is 0. The van der Waals surface area contributed by atoms with Gasteiger partial charge in [0.2, 0.25) is 0 Å². The number of hydrogen-bond acceptors (Lipinski definition) is 4. The Morgan fingerprint density at radius 1 is 0.941 bits per heavy atom. The lowest BCUT2D eigenvalue weighted by Gasteiger charge is -2.29. The first kappa shape index (κ1) is 17.1. The first-order chi connectivity index (χ1) is 8.10. The van der Waals surface area contributed by atoms with Crippen LogP contribution in [0.2, 0.25) is 6.04 Å². The number of nitrogens with zero attached hydrogens (tertiary/aromatic N) is 1. The predicted molar refractivity (Wildman–Crippen MR) is 73.2 cm³/mol. The second kappa shape index (κ2) is 10.0. The van der Waals surface area contributed by atoms with Crippen molar-refractivity contribution in [1.29, 1.82) is 0 Å². The Kier molecular flexibility index (Phi) is 10.1. The van der Waals surface area contributed by atoms with Crippen LogP contribution in [-0.4, -0.2) is 54.2 Å². The highest BCUT2D eigenvalue weighted by Gasteiger charge is 2.39. The molecule has 5 heteroatoms. The van der Waals surface area contributed by atoms with Gasteiger partial charge >= 0.3 is 8.80 Å². The molecular formula is C12H29NO3Si. The molecule has 0 N–H and O–H groups in total. The van der Waals surface area contributed by atoms with E-state index in [1.165, 1.54) is 0 Å². The molecule has 0 rings (SSSR count). The van der Waals surface area contributed by atoms with E-state index in [0.717, 1.165) is 32.0 Å². The van der Waals surface area contributed by atoms with Crippen molar-refractivity contribution in [2.75, 3.05) is 40.5 Å². The molecule has 4 nitrogen and oxygen atoms in total. The Labute approximate surface area is 108 Å². The Bertz CT molecular complexity index is 173. The zero-order chi connectivity index (χ0) is 13.1. The molecule has 0 aromatic heterocycles. The molecule has 0 unspecified atom stereocenters. The SMILES string of the molecule is CCCO[Si](CCCN(C)C)(OCC)OCC. The standard InChI is InChI=1S/C12H29NO3Si/c1-6-11-16-17(14-7-2,15-8-3)12-9-10-13(4)5/h6-12H2,1-5H3. The molecule has 0 amide bonds. The van der Waals surface area contributed by atoms with Gasteiger partial charge in [-0.1, -0.05) is 6.92 Å². The van der Waals surface area contributed by atoms with Gasteiger partial charge in [0.15, 0.2) is 0 Å². The zero-order valence-corrected chi connectivity index (χ0v) is 13.1. The van der Waals surface area contributed by atoms with Gasteiger partial charge in [0.05, 0.1) is 0 Å². The van der Waals surface area contributed by atoms with Crippen molar-refractivity contribution in [3.05, 3.63) is 0 Å². The Morgan fingerprint density at radius 2 is 1.53 bits per heavy atom. The third-order valence-corrected chi connectivity index (χ3v) is 5.41. The molecule has 0 saturated heterocycles. The van der Waals surface area contributed by atoms with Crippen LogP contribution in [0.15, 0.2) is 0 Å². The van der Waals surface area contributed by atoms with Gasteiger partial charge in [-0.05, 0) is 47.3 Å². The fraction of sp³-hybridized carbons (Fsp3) is 1.00.